The zero-order chi connectivity index (χ0) is 27.9. The minimum atomic E-state index is -5.05. The van der Waals surface area contributed by atoms with Crippen molar-refractivity contribution < 1.29 is 53.4 Å². The van der Waals surface area contributed by atoms with Gasteiger partial charge in [-0.2, -0.15) is 4.31 Å². The summed E-state index contributed by atoms with van der Waals surface area (Å²) in [6.45, 7) is 6.64. The van der Waals surface area contributed by atoms with Gasteiger partial charge in [-0.3, -0.25) is 0 Å². The Hall–Kier alpha value is -1.46. The molecule has 0 radical (unpaired) electrons. The molecule has 11 nitrogen and oxygen atoms in total. The number of hydrogen-bond acceptors (Lipinski definition) is 7. The van der Waals surface area contributed by atoms with Crippen LogP contribution in [0.1, 0.15) is 61.8 Å². The molecule has 0 heterocycles. The summed E-state index contributed by atoms with van der Waals surface area (Å²) in [5.41, 5.74) is -0.0572. The highest BCUT2D eigenvalue weighted by Crippen LogP contribution is 2.54. The molecule has 2 aromatic rings. The van der Waals surface area contributed by atoms with Gasteiger partial charge in [0.25, 0.3) is 0 Å². The highest BCUT2D eigenvalue weighted by Gasteiger charge is 2.53. The third-order valence-corrected chi connectivity index (χ3v) is 7.54. The van der Waals surface area contributed by atoms with E-state index in [1.165, 1.54) is 0 Å². The summed E-state index contributed by atoms with van der Waals surface area (Å²) in [5.74, 6) is 0.447. The van der Waals surface area contributed by atoms with Crippen molar-refractivity contribution >= 4 is 15.6 Å². The van der Waals surface area contributed by atoms with Crippen LogP contribution in [0, 0.1) is 5.41 Å². The lowest BCUT2D eigenvalue weighted by molar-refractivity contribution is -0.136. The van der Waals surface area contributed by atoms with E-state index in [4.69, 9.17) is 19.6 Å². The number of aliphatic hydroxyl groups is 4. The van der Waals surface area contributed by atoms with E-state index in [2.05, 4.69) is 24.2 Å². The molecular formula is C23H36O11P2. The standard InChI is InChI=1S/C23H32O4.H4O7P2/c1-16(2)18-10-11-21(20(12-18)17(3)4)23(27,19-8-6-5-7-9-19)22(13-24,14-25)15-26;1-8(2,3)7-9(4,5)6/h5-12,16-17,24-27H,13-15H2,1-4H3;(H2,1,2,3)(H2,4,5,6). The molecule has 0 spiro atoms. The van der Waals surface area contributed by atoms with E-state index >= 15 is 0 Å². The van der Waals surface area contributed by atoms with Gasteiger partial charge in [0, 0.05) is 0 Å². The Morgan fingerprint density at radius 2 is 1.25 bits per heavy atom. The first-order valence-electron chi connectivity index (χ1n) is 11.0. The summed E-state index contributed by atoms with van der Waals surface area (Å²) >= 11 is 0. The van der Waals surface area contributed by atoms with Crippen LogP contribution in [0.3, 0.4) is 0 Å². The van der Waals surface area contributed by atoms with E-state index < -0.39 is 46.5 Å². The van der Waals surface area contributed by atoms with E-state index in [1.807, 2.05) is 32.0 Å². The van der Waals surface area contributed by atoms with Gasteiger partial charge in [-0.25, -0.2) is 9.13 Å². The molecule has 0 aliphatic carbocycles. The van der Waals surface area contributed by atoms with Crippen molar-refractivity contribution in [2.24, 2.45) is 5.41 Å². The van der Waals surface area contributed by atoms with Crippen molar-refractivity contribution in [2.45, 2.75) is 45.1 Å². The quantitative estimate of drug-likeness (QED) is 0.202. The normalized spacial score (nSPS) is 14.4. The molecule has 1 atom stereocenters. The van der Waals surface area contributed by atoms with E-state index in [9.17, 15) is 29.6 Å². The van der Waals surface area contributed by atoms with Gasteiger partial charge in [0.15, 0.2) is 0 Å². The SMILES string of the molecule is CC(C)c1ccc(C(O)(c2ccccc2)C(CO)(CO)CO)c(C(C)C)c1.O=P(O)(O)OP(=O)(O)O. The maximum atomic E-state index is 12.0. The Balaban J connectivity index is 0.000000613. The number of aliphatic hydroxyl groups excluding tert-OH is 3. The van der Waals surface area contributed by atoms with Gasteiger partial charge < -0.3 is 40.0 Å². The molecule has 0 saturated carbocycles. The van der Waals surface area contributed by atoms with E-state index in [0.717, 1.165) is 11.1 Å². The molecule has 0 amide bonds. The van der Waals surface area contributed by atoms with Crippen LogP contribution in [0.2, 0.25) is 0 Å². The first-order valence-corrected chi connectivity index (χ1v) is 14.1. The van der Waals surface area contributed by atoms with Crippen molar-refractivity contribution in [3.05, 3.63) is 70.8 Å². The van der Waals surface area contributed by atoms with Gasteiger partial charge in [0.1, 0.15) is 5.60 Å². The molecule has 204 valence electrons. The Kier molecular flexibility index (Phi) is 11.6. The first kappa shape index (κ1) is 32.6. The fourth-order valence-electron chi connectivity index (χ4n) is 3.81. The topological polar surface area (TPSA) is 205 Å². The van der Waals surface area contributed by atoms with Crippen LogP contribution >= 0.6 is 15.6 Å². The van der Waals surface area contributed by atoms with E-state index in [-0.39, 0.29) is 5.92 Å². The fourth-order valence-corrected chi connectivity index (χ4v) is 4.91. The van der Waals surface area contributed by atoms with Gasteiger partial charge in [0.05, 0.1) is 25.2 Å². The largest absolute Gasteiger partial charge is 0.478 e. The third kappa shape index (κ3) is 8.02. The summed E-state index contributed by atoms with van der Waals surface area (Å²) < 4.78 is 22.2. The first-order chi connectivity index (χ1) is 16.5. The lowest BCUT2D eigenvalue weighted by Gasteiger charge is -2.46. The van der Waals surface area contributed by atoms with Gasteiger partial charge >= 0.3 is 15.6 Å². The number of benzene rings is 2. The Morgan fingerprint density at radius 3 is 1.58 bits per heavy atom. The predicted molar refractivity (Wildman–Crippen MR) is 133 cm³/mol. The van der Waals surface area contributed by atoms with Crippen molar-refractivity contribution in [1.29, 1.82) is 0 Å². The summed E-state index contributed by atoms with van der Waals surface area (Å²) in [6, 6.07) is 14.9. The molecule has 0 aliphatic heterocycles. The number of phosphoric acid groups is 2. The highest BCUT2D eigenvalue weighted by molar-refractivity contribution is 7.60. The zero-order valence-electron chi connectivity index (χ0n) is 20.6. The molecule has 0 aliphatic rings. The molecule has 8 N–H and O–H groups in total. The average molecular weight is 550 g/mol. The lowest BCUT2D eigenvalue weighted by Crippen LogP contribution is -2.54. The molecule has 0 saturated heterocycles. The van der Waals surface area contributed by atoms with Crippen molar-refractivity contribution in [2.75, 3.05) is 19.8 Å². The maximum absolute atomic E-state index is 12.0. The average Bonchev–Trinajstić information content (AvgIpc) is 2.78. The predicted octanol–water partition coefficient (Wildman–Crippen LogP) is 2.32. The van der Waals surface area contributed by atoms with Crippen LogP contribution < -0.4 is 0 Å². The fraction of sp³-hybridized carbons (Fsp3) is 0.478. The molecule has 13 heteroatoms. The smallest absolute Gasteiger partial charge is 0.395 e. The minimum absolute atomic E-state index is 0.114. The highest BCUT2D eigenvalue weighted by atomic mass is 31.3. The second kappa shape index (κ2) is 12.9. The van der Waals surface area contributed by atoms with Crippen LogP contribution in [0.4, 0.5) is 0 Å². The van der Waals surface area contributed by atoms with E-state index in [0.29, 0.717) is 17.0 Å². The summed E-state index contributed by atoms with van der Waals surface area (Å²) in [5, 5.41) is 42.4. The van der Waals surface area contributed by atoms with Crippen LogP contribution in [-0.2, 0) is 19.0 Å². The molecule has 2 aromatic carbocycles. The summed E-state index contributed by atoms with van der Waals surface area (Å²) in [6.07, 6.45) is 0. The molecule has 0 fully saturated rings. The Bertz CT molecular complexity index is 1030. The second-order valence-corrected chi connectivity index (χ2v) is 11.7. The monoisotopic (exact) mass is 550 g/mol. The molecule has 36 heavy (non-hydrogen) atoms. The number of hydrogen-bond donors (Lipinski definition) is 8. The molecular weight excluding hydrogens is 514 g/mol. The number of rotatable bonds is 10. The van der Waals surface area contributed by atoms with Crippen LogP contribution in [0.15, 0.2) is 48.5 Å². The Morgan fingerprint density at radius 1 is 0.778 bits per heavy atom. The zero-order valence-corrected chi connectivity index (χ0v) is 22.4. The third-order valence-electron chi connectivity index (χ3n) is 5.83. The van der Waals surface area contributed by atoms with Crippen LogP contribution in [0.25, 0.3) is 0 Å². The maximum Gasteiger partial charge on any atom is 0.478 e. The van der Waals surface area contributed by atoms with Gasteiger partial charge in [-0.15, -0.1) is 0 Å². The molecule has 0 aromatic heterocycles. The van der Waals surface area contributed by atoms with E-state index in [1.54, 1.807) is 24.3 Å². The van der Waals surface area contributed by atoms with Crippen LogP contribution in [0.5, 0.6) is 0 Å². The van der Waals surface area contributed by atoms with Crippen LogP contribution in [-0.4, -0.2) is 59.8 Å². The van der Waals surface area contributed by atoms with Crippen molar-refractivity contribution in [3.8, 4) is 0 Å². The summed E-state index contributed by atoms with van der Waals surface area (Å²) in [4.78, 5) is 31.0. The summed E-state index contributed by atoms with van der Waals surface area (Å²) in [7, 11) is -10.1. The molecule has 1 unspecified atom stereocenters. The minimum Gasteiger partial charge on any atom is -0.395 e. The van der Waals surface area contributed by atoms with Crippen molar-refractivity contribution in [1.82, 2.24) is 0 Å². The Labute approximate surface area is 210 Å². The molecule has 0 bridgehead atoms. The lowest BCUT2D eigenvalue weighted by atomic mass is 9.64. The van der Waals surface area contributed by atoms with Crippen molar-refractivity contribution in [3.63, 3.8) is 0 Å². The molecule has 2 rings (SSSR count). The van der Waals surface area contributed by atoms with Gasteiger partial charge in [-0.1, -0.05) is 76.2 Å². The van der Waals surface area contributed by atoms with Gasteiger partial charge in [-0.05, 0) is 34.1 Å². The van der Waals surface area contributed by atoms with Gasteiger partial charge in [0.2, 0.25) is 0 Å². The second-order valence-electron chi connectivity index (χ2n) is 9.05.